The molecule has 2 unspecified atom stereocenters. The minimum absolute atomic E-state index is 0.275. The molecule has 1 saturated carbocycles. The van der Waals surface area contributed by atoms with Gasteiger partial charge in [-0.05, 0) is 38.8 Å². The molecule has 2 heterocycles. The van der Waals surface area contributed by atoms with E-state index in [0.717, 1.165) is 45.3 Å². The molecular formula is C15H29N3O2. The Labute approximate surface area is 122 Å². The zero-order chi connectivity index (χ0) is 13.8. The highest BCUT2D eigenvalue weighted by atomic mass is 16.5. The molecule has 0 aromatic rings. The summed E-state index contributed by atoms with van der Waals surface area (Å²) in [7, 11) is 0. The largest absolute Gasteiger partial charge is 0.395 e. The summed E-state index contributed by atoms with van der Waals surface area (Å²) in [4.78, 5) is 5.16. The average Bonchev–Trinajstić information content (AvgIpc) is 3.19. The van der Waals surface area contributed by atoms with Crippen molar-refractivity contribution in [2.24, 2.45) is 0 Å². The van der Waals surface area contributed by atoms with Crippen LogP contribution in [0.15, 0.2) is 0 Å². The molecule has 0 aromatic carbocycles. The molecule has 2 saturated heterocycles. The van der Waals surface area contributed by atoms with Crippen molar-refractivity contribution in [2.45, 2.75) is 43.8 Å². The second-order valence-corrected chi connectivity index (χ2v) is 6.50. The number of rotatable bonds is 7. The van der Waals surface area contributed by atoms with Crippen LogP contribution in [0.25, 0.3) is 0 Å². The van der Waals surface area contributed by atoms with Gasteiger partial charge in [-0.1, -0.05) is 0 Å². The molecule has 2 N–H and O–H groups in total. The quantitative estimate of drug-likeness (QED) is 0.683. The molecule has 0 amide bonds. The van der Waals surface area contributed by atoms with Gasteiger partial charge in [0.2, 0.25) is 0 Å². The summed E-state index contributed by atoms with van der Waals surface area (Å²) in [5, 5.41) is 13.0. The fraction of sp³-hybridized carbons (Fsp3) is 1.00. The van der Waals surface area contributed by atoms with E-state index in [1.54, 1.807) is 0 Å². The molecule has 5 heteroatoms. The molecule has 1 aliphatic carbocycles. The second kappa shape index (κ2) is 7.18. The van der Waals surface area contributed by atoms with E-state index in [-0.39, 0.29) is 6.61 Å². The maximum atomic E-state index is 9.43. The van der Waals surface area contributed by atoms with Gasteiger partial charge in [-0.2, -0.15) is 0 Å². The molecule has 3 aliphatic rings. The van der Waals surface area contributed by atoms with Gasteiger partial charge in [0.15, 0.2) is 0 Å². The number of morpholine rings is 1. The number of ether oxygens (including phenoxy) is 1. The van der Waals surface area contributed by atoms with Gasteiger partial charge in [-0.15, -0.1) is 0 Å². The maximum Gasteiger partial charge on any atom is 0.0594 e. The number of nitrogens with zero attached hydrogens (tertiary/aromatic N) is 2. The van der Waals surface area contributed by atoms with Gasteiger partial charge in [-0.25, -0.2) is 0 Å². The fourth-order valence-corrected chi connectivity index (χ4v) is 3.41. The lowest BCUT2D eigenvalue weighted by Crippen LogP contribution is -2.45. The first-order valence-electron chi connectivity index (χ1n) is 8.26. The normalized spacial score (nSPS) is 30.8. The van der Waals surface area contributed by atoms with Crippen molar-refractivity contribution < 1.29 is 9.84 Å². The zero-order valence-electron chi connectivity index (χ0n) is 12.5. The standard InChI is InChI=1S/C15H29N3O2/c19-12-14(16-13-1-2-13)3-5-17-6-4-15(11-17)18-7-9-20-10-8-18/h13-16,19H,1-12H2. The molecule has 0 spiro atoms. The molecule has 116 valence electrons. The summed E-state index contributed by atoms with van der Waals surface area (Å²) in [5.41, 5.74) is 0. The second-order valence-electron chi connectivity index (χ2n) is 6.50. The Morgan fingerprint density at radius 1 is 1.15 bits per heavy atom. The van der Waals surface area contributed by atoms with E-state index < -0.39 is 0 Å². The smallest absolute Gasteiger partial charge is 0.0594 e. The summed E-state index contributed by atoms with van der Waals surface area (Å²) < 4.78 is 5.43. The highest BCUT2D eigenvalue weighted by Crippen LogP contribution is 2.21. The lowest BCUT2D eigenvalue weighted by atomic mass is 10.2. The van der Waals surface area contributed by atoms with E-state index in [9.17, 15) is 5.11 Å². The lowest BCUT2D eigenvalue weighted by molar-refractivity contribution is 0.0184. The molecule has 3 rings (SSSR count). The molecule has 0 radical (unpaired) electrons. The first-order valence-corrected chi connectivity index (χ1v) is 8.26. The monoisotopic (exact) mass is 283 g/mol. The SMILES string of the molecule is OCC(CCN1CCC(N2CCOCC2)C1)NC1CC1. The summed E-state index contributed by atoms with van der Waals surface area (Å²) in [6.07, 6.45) is 4.95. The molecule has 0 bridgehead atoms. The molecule has 0 aromatic heterocycles. The number of likely N-dealkylation sites (tertiary alicyclic amines) is 1. The van der Waals surface area contributed by atoms with E-state index >= 15 is 0 Å². The highest BCUT2D eigenvalue weighted by molar-refractivity contribution is 4.87. The van der Waals surface area contributed by atoms with E-state index in [1.165, 1.54) is 32.4 Å². The van der Waals surface area contributed by atoms with Gasteiger partial charge in [0.25, 0.3) is 0 Å². The van der Waals surface area contributed by atoms with E-state index in [4.69, 9.17) is 4.74 Å². The van der Waals surface area contributed by atoms with Gasteiger partial charge < -0.3 is 20.1 Å². The van der Waals surface area contributed by atoms with Crippen molar-refractivity contribution >= 4 is 0 Å². The Hall–Kier alpha value is -0.200. The van der Waals surface area contributed by atoms with Crippen LogP contribution in [0.5, 0.6) is 0 Å². The molecule has 3 fully saturated rings. The van der Waals surface area contributed by atoms with E-state index in [0.29, 0.717) is 12.1 Å². The number of hydrogen-bond donors (Lipinski definition) is 2. The zero-order valence-corrected chi connectivity index (χ0v) is 12.5. The van der Waals surface area contributed by atoms with Crippen LogP contribution in [0, 0.1) is 0 Å². The van der Waals surface area contributed by atoms with Crippen LogP contribution in [0.4, 0.5) is 0 Å². The van der Waals surface area contributed by atoms with Crippen LogP contribution in [0.2, 0.25) is 0 Å². The van der Waals surface area contributed by atoms with Crippen LogP contribution in [-0.4, -0.2) is 85.6 Å². The first kappa shape index (κ1) is 14.7. The maximum absolute atomic E-state index is 9.43. The third-order valence-corrected chi connectivity index (χ3v) is 4.87. The third kappa shape index (κ3) is 4.15. The Balaban J connectivity index is 1.36. The third-order valence-electron chi connectivity index (χ3n) is 4.87. The Morgan fingerprint density at radius 3 is 2.65 bits per heavy atom. The number of hydrogen-bond acceptors (Lipinski definition) is 5. The van der Waals surface area contributed by atoms with Crippen molar-refractivity contribution in [1.29, 1.82) is 0 Å². The number of nitrogens with one attached hydrogen (secondary N) is 1. The average molecular weight is 283 g/mol. The summed E-state index contributed by atoms with van der Waals surface area (Å²) >= 11 is 0. The predicted molar refractivity (Wildman–Crippen MR) is 78.9 cm³/mol. The Morgan fingerprint density at radius 2 is 1.95 bits per heavy atom. The summed E-state index contributed by atoms with van der Waals surface area (Å²) in [5.74, 6) is 0. The minimum Gasteiger partial charge on any atom is -0.395 e. The lowest BCUT2D eigenvalue weighted by Gasteiger charge is -2.32. The molecular weight excluding hydrogens is 254 g/mol. The predicted octanol–water partition coefficient (Wildman–Crippen LogP) is -0.104. The van der Waals surface area contributed by atoms with Crippen molar-refractivity contribution in [1.82, 2.24) is 15.1 Å². The van der Waals surface area contributed by atoms with E-state index in [1.807, 2.05) is 0 Å². The van der Waals surface area contributed by atoms with Crippen LogP contribution in [0.1, 0.15) is 25.7 Å². The van der Waals surface area contributed by atoms with Crippen molar-refractivity contribution in [2.75, 3.05) is 52.5 Å². The summed E-state index contributed by atoms with van der Waals surface area (Å²) in [6, 6.07) is 1.71. The molecule has 2 atom stereocenters. The van der Waals surface area contributed by atoms with Crippen LogP contribution >= 0.6 is 0 Å². The Bertz CT molecular complexity index is 293. The summed E-state index contributed by atoms with van der Waals surface area (Å²) in [6.45, 7) is 7.79. The van der Waals surface area contributed by atoms with Gasteiger partial charge in [0.05, 0.1) is 19.8 Å². The van der Waals surface area contributed by atoms with Crippen LogP contribution in [-0.2, 0) is 4.74 Å². The first-order chi connectivity index (χ1) is 9.85. The molecule has 2 aliphatic heterocycles. The van der Waals surface area contributed by atoms with Gasteiger partial charge >= 0.3 is 0 Å². The number of aliphatic hydroxyl groups excluding tert-OH is 1. The fourth-order valence-electron chi connectivity index (χ4n) is 3.41. The highest BCUT2D eigenvalue weighted by Gasteiger charge is 2.29. The van der Waals surface area contributed by atoms with Gasteiger partial charge in [0.1, 0.15) is 0 Å². The van der Waals surface area contributed by atoms with Gasteiger partial charge in [-0.3, -0.25) is 4.90 Å². The van der Waals surface area contributed by atoms with Crippen molar-refractivity contribution in [3.05, 3.63) is 0 Å². The van der Waals surface area contributed by atoms with Crippen LogP contribution in [0.3, 0.4) is 0 Å². The topological polar surface area (TPSA) is 48.0 Å². The Kier molecular flexibility index (Phi) is 5.29. The van der Waals surface area contributed by atoms with Gasteiger partial charge in [0, 0.05) is 37.8 Å². The van der Waals surface area contributed by atoms with Crippen molar-refractivity contribution in [3.8, 4) is 0 Å². The van der Waals surface area contributed by atoms with Crippen LogP contribution < -0.4 is 5.32 Å². The van der Waals surface area contributed by atoms with E-state index in [2.05, 4.69) is 15.1 Å². The minimum atomic E-state index is 0.275. The van der Waals surface area contributed by atoms with Crippen molar-refractivity contribution in [3.63, 3.8) is 0 Å². The molecule has 5 nitrogen and oxygen atoms in total. The molecule has 20 heavy (non-hydrogen) atoms. The number of aliphatic hydroxyl groups is 1.